The maximum absolute atomic E-state index is 12.9. The Morgan fingerprint density at radius 1 is 0.955 bits per heavy atom. The zero-order valence-corrected chi connectivity index (χ0v) is 12.7. The third kappa shape index (κ3) is 1.63. The molecule has 3 aliphatic carbocycles. The standard InChI is InChI=1S/C18H19N3O/c19-10-14-13-6-2-3-7-15(13)17(8-4-1-5-9-17)18(11-20,12-21)16(14)22/h15H,1-9H2/t15-/m0/s1. The molecule has 4 nitrogen and oxygen atoms in total. The van der Waals surface area contributed by atoms with Crippen molar-refractivity contribution in [3.63, 3.8) is 0 Å². The van der Waals surface area contributed by atoms with Gasteiger partial charge in [-0.15, -0.1) is 0 Å². The third-order valence-corrected chi connectivity index (χ3v) is 6.11. The number of fused-ring (bicyclic) bond motifs is 2. The molecule has 2 saturated carbocycles. The first kappa shape index (κ1) is 14.8. The number of hydrogen-bond donors (Lipinski definition) is 0. The number of ketones is 1. The second kappa shape index (κ2) is 5.26. The molecule has 0 aromatic heterocycles. The van der Waals surface area contributed by atoms with Crippen LogP contribution >= 0.6 is 0 Å². The van der Waals surface area contributed by atoms with Gasteiger partial charge in [-0.05, 0) is 43.6 Å². The lowest BCUT2D eigenvalue weighted by Gasteiger charge is -2.54. The van der Waals surface area contributed by atoms with Crippen molar-refractivity contribution in [3.8, 4) is 18.2 Å². The largest absolute Gasteiger partial charge is 0.290 e. The molecule has 22 heavy (non-hydrogen) atoms. The Balaban J connectivity index is 2.29. The van der Waals surface area contributed by atoms with Crippen LogP contribution in [0.1, 0.15) is 57.8 Å². The SMILES string of the molecule is N#CC1=C2CCCC[C@@H]2C2(CCCCC2)C(C#N)(C#N)C1=O. The fourth-order valence-corrected chi connectivity index (χ4v) is 5.12. The normalized spacial score (nSPS) is 29.1. The lowest BCUT2D eigenvalue weighted by atomic mass is 9.45. The van der Waals surface area contributed by atoms with Gasteiger partial charge in [0, 0.05) is 5.41 Å². The van der Waals surface area contributed by atoms with Crippen molar-refractivity contribution in [1.29, 1.82) is 15.8 Å². The van der Waals surface area contributed by atoms with Gasteiger partial charge in [-0.3, -0.25) is 4.79 Å². The van der Waals surface area contributed by atoms with Gasteiger partial charge in [-0.1, -0.05) is 25.7 Å². The van der Waals surface area contributed by atoms with Crippen LogP contribution in [-0.4, -0.2) is 5.78 Å². The minimum absolute atomic E-state index is 0.0631. The van der Waals surface area contributed by atoms with E-state index in [1.165, 1.54) is 0 Å². The van der Waals surface area contributed by atoms with E-state index in [-0.39, 0.29) is 11.5 Å². The van der Waals surface area contributed by atoms with Crippen LogP contribution in [0.3, 0.4) is 0 Å². The average Bonchev–Trinajstić information content (AvgIpc) is 2.58. The summed E-state index contributed by atoms with van der Waals surface area (Å²) in [6, 6.07) is 6.18. The molecule has 0 heterocycles. The van der Waals surface area contributed by atoms with Gasteiger partial charge in [0.2, 0.25) is 11.2 Å². The minimum atomic E-state index is -1.66. The van der Waals surface area contributed by atoms with E-state index in [1.54, 1.807) is 0 Å². The van der Waals surface area contributed by atoms with Crippen LogP contribution in [0.15, 0.2) is 11.1 Å². The van der Waals surface area contributed by atoms with Gasteiger partial charge >= 0.3 is 0 Å². The van der Waals surface area contributed by atoms with Crippen molar-refractivity contribution in [2.75, 3.05) is 0 Å². The maximum atomic E-state index is 12.9. The fourth-order valence-electron chi connectivity index (χ4n) is 5.12. The fraction of sp³-hybridized carbons (Fsp3) is 0.667. The van der Waals surface area contributed by atoms with Crippen molar-refractivity contribution in [1.82, 2.24) is 0 Å². The number of nitriles is 3. The van der Waals surface area contributed by atoms with E-state index in [9.17, 15) is 20.6 Å². The smallest absolute Gasteiger partial charge is 0.212 e. The second-order valence-corrected chi connectivity index (χ2v) is 6.83. The monoisotopic (exact) mass is 293 g/mol. The molecule has 2 fully saturated rings. The zero-order valence-electron chi connectivity index (χ0n) is 12.7. The summed E-state index contributed by atoms with van der Waals surface area (Å²) in [6.45, 7) is 0. The van der Waals surface area contributed by atoms with E-state index in [4.69, 9.17) is 0 Å². The Hall–Kier alpha value is -2.12. The third-order valence-electron chi connectivity index (χ3n) is 6.11. The van der Waals surface area contributed by atoms with E-state index in [2.05, 4.69) is 12.1 Å². The number of carbonyl (C=O) groups excluding carboxylic acids is 1. The molecule has 0 amide bonds. The van der Waals surface area contributed by atoms with E-state index in [0.29, 0.717) is 0 Å². The highest BCUT2D eigenvalue weighted by molar-refractivity contribution is 6.09. The average molecular weight is 293 g/mol. The first-order valence-electron chi connectivity index (χ1n) is 8.17. The Labute approximate surface area is 131 Å². The molecule has 3 rings (SSSR count). The van der Waals surface area contributed by atoms with Crippen LogP contribution < -0.4 is 0 Å². The summed E-state index contributed by atoms with van der Waals surface area (Å²) in [5, 5.41) is 29.1. The number of carbonyl (C=O) groups is 1. The van der Waals surface area contributed by atoms with Crippen LogP contribution in [0.25, 0.3) is 0 Å². The maximum Gasteiger partial charge on any atom is 0.212 e. The number of Topliss-reactive ketones (excluding diaryl/α,β-unsaturated/α-hetero) is 1. The summed E-state index contributed by atoms with van der Waals surface area (Å²) < 4.78 is 0. The Morgan fingerprint density at radius 2 is 1.64 bits per heavy atom. The lowest BCUT2D eigenvalue weighted by molar-refractivity contribution is -0.130. The van der Waals surface area contributed by atoms with Gasteiger partial charge in [-0.2, -0.15) is 15.8 Å². The Bertz CT molecular complexity index is 648. The molecule has 112 valence electrons. The molecule has 3 aliphatic rings. The van der Waals surface area contributed by atoms with Crippen LogP contribution in [-0.2, 0) is 4.79 Å². The van der Waals surface area contributed by atoms with Crippen LogP contribution in [0.4, 0.5) is 0 Å². The predicted molar refractivity (Wildman–Crippen MR) is 78.8 cm³/mol. The van der Waals surface area contributed by atoms with Crippen molar-refractivity contribution in [2.45, 2.75) is 57.8 Å². The minimum Gasteiger partial charge on any atom is -0.290 e. The van der Waals surface area contributed by atoms with Crippen LogP contribution in [0.5, 0.6) is 0 Å². The first-order chi connectivity index (χ1) is 10.7. The molecule has 1 atom stereocenters. The topological polar surface area (TPSA) is 88.4 Å². The molecule has 0 bridgehead atoms. The Morgan fingerprint density at radius 3 is 2.23 bits per heavy atom. The molecule has 0 aromatic rings. The van der Waals surface area contributed by atoms with Crippen LogP contribution in [0.2, 0.25) is 0 Å². The van der Waals surface area contributed by atoms with Crippen molar-refractivity contribution in [3.05, 3.63) is 11.1 Å². The van der Waals surface area contributed by atoms with Gasteiger partial charge in [0.15, 0.2) is 0 Å². The van der Waals surface area contributed by atoms with E-state index in [0.717, 1.165) is 63.4 Å². The van der Waals surface area contributed by atoms with E-state index in [1.807, 2.05) is 6.07 Å². The molecule has 0 N–H and O–H groups in total. The molecule has 1 spiro atoms. The molecular formula is C18H19N3O. The summed E-state index contributed by atoms with van der Waals surface area (Å²) in [5.74, 6) is -0.455. The second-order valence-electron chi connectivity index (χ2n) is 6.83. The quantitative estimate of drug-likeness (QED) is 0.683. The number of nitrogens with zero attached hydrogens (tertiary/aromatic N) is 3. The van der Waals surface area contributed by atoms with Gasteiger partial charge in [-0.25, -0.2) is 0 Å². The summed E-state index contributed by atoms with van der Waals surface area (Å²) in [7, 11) is 0. The van der Waals surface area contributed by atoms with E-state index < -0.39 is 16.6 Å². The van der Waals surface area contributed by atoms with Crippen molar-refractivity contribution in [2.24, 2.45) is 16.7 Å². The number of allylic oxidation sites excluding steroid dienone is 2. The predicted octanol–water partition coefficient (Wildman–Crippen LogP) is 3.56. The molecular weight excluding hydrogens is 274 g/mol. The summed E-state index contributed by atoms with van der Waals surface area (Å²) in [6.07, 6.45) is 8.25. The number of rotatable bonds is 0. The highest BCUT2D eigenvalue weighted by Gasteiger charge is 2.65. The molecule has 0 radical (unpaired) electrons. The summed E-state index contributed by atoms with van der Waals surface area (Å²) >= 11 is 0. The lowest BCUT2D eigenvalue weighted by Crippen LogP contribution is -2.56. The van der Waals surface area contributed by atoms with Gasteiger partial charge in [0.1, 0.15) is 6.07 Å². The highest BCUT2D eigenvalue weighted by Crippen LogP contribution is 2.63. The highest BCUT2D eigenvalue weighted by atomic mass is 16.1. The van der Waals surface area contributed by atoms with Gasteiger partial charge < -0.3 is 0 Å². The summed E-state index contributed by atoms with van der Waals surface area (Å²) in [5.41, 5.74) is -1.17. The molecule has 0 aliphatic heterocycles. The van der Waals surface area contributed by atoms with Crippen LogP contribution in [0, 0.1) is 50.7 Å². The van der Waals surface area contributed by atoms with Crippen molar-refractivity contribution < 1.29 is 4.79 Å². The molecule has 0 unspecified atom stereocenters. The van der Waals surface area contributed by atoms with Gasteiger partial charge in [0.05, 0.1) is 17.7 Å². The van der Waals surface area contributed by atoms with E-state index >= 15 is 0 Å². The Kier molecular flexibility index (Phi) is 3.54. The van der Waals surface area contributed by atoms with Gasteiger partial charge in [0.25, 0.3) is 0 Å². The first-order valence-corrected chi connectivity index (χ1v) is 8.17. The summed E-state index contributed by atoms with van der Waals surface area (Å²) in [4.78, 5) is 12.9. The molecule has 4 heteroatoms. The van der Waals surface area contributed by atoms with Crippen molar-refractivity contribution >= 4 is 5.78 Å². The zero-order chi connectivity index (χ0) is 15.8. The molecule has 0 saturated heterocycles. The number of hydrogen-bond acceptors (Lipinski definition) is 4. The molecule has 0 aromatic carbocycles.